The molecule has 0 atom stereocenters. The van der Waals surface area contributed by atoms with Crippen LogP contribution in [-0.4, -0.2) is 30.5 Å². The van der Waals surface area contributed by atoms with Gasteiger partial charge in [-0.05, 0) is 12.1 Å². The van der Waals surface area contributed by atoms with Crippen molar-refractivity contribution in [1.82, 2.24) is 24.5 Å². The zero-order valence-electron chi connectivity index (χ0n) is 11.6. The van der Waals surface area contributed by atoms with Crippen LogP contribution in [0.3, 0.4) is 0 Å². The molecule has 0 fully saturated rings. The Hall–Kier alpha value is -2.67. The van der Waals surface area contributed by atoms with Crippen LogP contribution in [0.1, 0.15) is 16.1 Å². The van der Waals surface area contributed by atoms with Crippen LogP contribution in [0.4, 0.5) is 5.69 Å². The predicted molar refractivity (Wildman–Crippen MR) is 80.1 cm³/mol. The highest BCUT2D eigenvalue weighted by molar-refractivity contribution is 6.29. The van der Waals surface area contributed by atoms with E-state index in [1.165, 1.54) is 0 Å². The van der Waals surface area contributed by atoms with Gasteiger partial charge in [-0.2, -0.15) is 10.2 Å². The third-order valence-corrected chi connectivity index (χ3v) is 3.77. The fourth-order valence-corrected chi connectivity index (χ4v) is 2.58. The summed E-state index contributed by atoms with van der Waals surface area (Å²) in [5.74, 6) is -0.122. The van der Waals surface area contributed by atoms with E-state index in [2.05, 4.69) is 15.2 Å². The number of carbonyl (C=O) groups excluding carboxylic acids is 1. The Kier molecular flexibility index (Phi) is 2.77. The number of hydrogen-bond donors (Lipinski definition) is 0. The van der Waals surface area contributed by atoms with Crippen LogP contribution in [0.25, 0.3) is 5.69 Å². The highest BCUT2D eigenvalue weighted by atomic mass is 35.5. The molecule has 22 heavy (non-hydrogen) atoms. The molecule has 3 aromatic heterocycles. The molecule has 110 valence electrons. The van der Waals surface area contributed by atoms with Gasteiger partial charge in [0.05, 0.1) is 30.3 Å². The molecule has 1 aliphatic heterocycles. The van der Waals surface area contributed by atoms with Crippen molar-refractivity contribution < 1.29 is 4.79 Å². The van der Waals surface area contributed by atoms with Crippen LogP contribution in [0.5, 0.6) is 0 Å². The lowest BCUT2D eigenvalue weighted by molar-refractivity contribution is 0.0991. The normalized spacial score (nSPS) is 13.7. The van der Waals surface area contributed by atoms with Crippen LogP contribution >= 0.6 is 11.6 Å². The van der Waals surface area contributed by atoms with E-state index in [4.69, 9.17) is 11.6 Å². The van der Waals surface area contributed by atoms with Crippen molar-refractivity contribution in [2.45, 2.75) is 6.54 Å². The van der Waals surface area contributed by atoms with Gasteiger partial charge >= 0.3 is 0 Å². The van der Waals surface area contributed by atoms with E-state index < -0.39 is 0 Å². The van der Waals surface area contributed by atoms with Gasteiger partial charge in [-0.25, -0.2) is 9.67 Å². The SMILES string of the molecule is Cn1cc(N2Cc3cn(-c4ccc(Cl)nc4)nc3C2=O)cn1. The molecule has 1 aliphatic rings. The molecule has 1 amide bonds. The van der Waals surface area contributed by atoms with Crippen molar-refractivity contribution in [1.29, 1.82) is 0 Å². The molecule has 0 bridgehead atoms. The molecule has 0 radical (unpaired) electrons. The van der Waals surface area contributed by atoms with E-state index in [-0.39, 0.29) is 5.91 Å². The minimum absolute atomic E-state index is 0.122. The van der Waals surface area contributed by atoms with Gasteiger partial charge < -0.3 is 0 Å². The first-order valence-corrected chi connectivity index (χ1v) is 7.00. The van der Waals surface area contributed by atoms with Gasteiger partial charge in [0.25, 0.3) is 5.91 Å². The number of hydrogen-bond acceptors (Lipinski definition) is 4. The Balaban J connectivity index is 1.66. The van der Waals surface area contributed by atoms with Gasteiger partial charge in [0.1, 0.15) is 5.15 Å². The zero-order chi connectivity index (χ0) is 15.3. The van der Waals surface area contributed by atoms with Gasteiger partial charge in [-0.1, -0.05) is 11.6 Å². The number of anilines is 1. The molecule has 0 unspecified atom stereocenters. The summed E-state index contributed by atoms with van der Waals surface area (Å²) in [5, 5.41) is 8.88. The Morgan fingerprint density at radius 3 is 2.68 bits per heavy atom. The second-order valence-electron chi connectivity index (χ2n) is 5.05. The predicted octanol–water partition coefficient (Wildman–Crippen LogP) is 1.81. The minimum Gasteiger partial charge on any atom is -0.299 e. The number of nitrogens with zero attached hydrogens (tertiary/aromatic N) is 6. The second kappa shape index (κ2) is 4.67. The lowest BCUT2D eigenvalue weighted by Crippen LogP contribution is -2.23. The molecule has 0 N–H and O–H groups in total. The van der Waals surface area contributed by atoms with E-state index in [0.717, 1.165) is 16.9 Å². The summed E-state index contributed by atoms with van der Waals surface area (Å²) in [6.45, 7) is 0.487. The van der Waals surface area contributed by atoms with Crippen LogP contribution in [0.2, 0.25) is 5.15 Å². The van der Waals surface area contributed by atoms with Gasteiger partial charge in [-0.15, -0.1) is 0 Å². The lowest BCUT2D eigenvalue weighted by atomic mass is 10.3. The quantitative estimate of drug-likeness (QED) is 0.677. The summed E-state index contributed by atoms with van der Waals surface area (Å²) in [6.07, 6.45) is 6.93. The third-order valence-electron chi connectivity index (χ3n) is 3.55. The van der Waals surface area contributed by atoms with Crippen LogP contribution in [0, 0.1) is 0 Å². The molecular weight excluding hydrogens is 304 g/mol. The maximum Gasteiger partial charge on any atom is 0.279 e. The third kappa shape index (κ3) is 1.98. The number of aryl methyl sites for hydroxylation is 1. The molecule has 4 rings (SSSR count). The van der Waals surface area contributed by atoms with Crippen molar-refractivity contribution >= 4 is 23.2 Å². The number of rotatable bonds is 2. The summed E-state index contributed by atoms with van der Waals surface area (Å²) in [7, 11) is 1.82. The van der Waals surface area contributed by atoms with Crippen LogP contribution < -0.4 is 4.90 Å². The zero-order valence-corrected chi connectivity index (χ0v) is 12.4. The smallest absolute Gasteiger partial charge is 0.279 e. The van der Waals surface area contributed by atoms with Crippen molar-refractivity contribution in [2.75, 3.05) is 4.90 Å². The first kappa shape index (κ1) is 13.0. The molecule has 8 heteroatoms. The monoisotopic (exact) mass is 314 g/mol. The molecule has 0 saturated heterocycles. The van der Waals surface area contributed by atoms with Crippen molar-refractivity contribution in [3.63, 3.8) is 0 Å². The fraction of sp³-hybridized carbons (Fsp3) is 0.143. The largest absolute Gasteiger partial charge is 0.299 e. The molecule has 0 saturated carbocycles. The van der Waals surface area contributed by atoms with Crippen molar-refractivity contribution in [3.05, 3.63) is 53.3 Å². The van der Waals surface area contributed by atoms with Crippen LogP contribution in [-0.2, 0) is 13.6 Å². The summed E-state index contributed by atoms with van der Waals surface area (Å²) in [5.41, 5.74) is 2.87. The van der Waals surface area contributed by atoms with Gasteiger partial charge in [0.2, 0.25) is 0 Å². The highest BCUT2D eigenvalue weighted by Gasteiger charge is 2.32. The number of aromatic nitrogens is 5. The second-order valence-corrected chi connectivity index (χ2v) is 5.44. The topological polar surface area (TPSA) is 68.8 Å². The maximum atomic E-state index is 12.5. The van der Waals surface area contributed by atoms with E-state index in [0.29, 0.717) is 17.4 Å². The van der Waals surface area contributed by atoms with Crippen LogP contribution in [0.15, 0.2) is 36.9 Å². The van der Waals surface area contributed by atoms with Gasteiger partial charge in [0, 0.05) is 25.0 Å². The molecular formula is C14H11ClN6O. The van der Waals surface area contributed by atoms with E-state index in [9.17, 15) is 4.79 Å². The van der Waals surface area contributed by atoms with E-state index in [1.54, 1.807) is 45.0 Å². The van der Waals surface area contributed by atoms with Crippen molar-refractivity contribution in [3.8, 4) is 5.69 Å². The highest BCUT2D eigenvalue weighted by Crippen LogP contribution is 2.27. The van der Waals surface area contributed by atoms with Crippen molar-refractivity contribution in [2.24, 2.45) is 7.05 Å². The number of carbonyl (C=O) groups is 1. The number of halogens is 1. The Morgan fingerprint density at radius 2 is 2.05 bits per heavy atom. The van der Waals surface area contributed by atoms with E-state index in [1.807, 2.05) is 13.2 Å². The Bertz CT molecular complexity index is 866. The molecule has 0 spiro atoms. The summed E-state index contributed by atoms with van der Waals surface area (Å²) >= 11 is 5.78. The molecule has 0 aliphatic carbocycles. The first-order valence-electron chi connectivity index (χ1n) is 6.63. The van der Waals surface area contributed by atoms with Gasteiger partial charge in [0.15, 0.2) is 5.69 Å². The number of pyridine rings is 1. The Morgan fingerprint density at radius 1 is 1.18 bits per heavy atom. The number of amides is 1. The van der Waals surface area contributed by atoms with Gasteiger partial charge in [-0.3, -0.25) is 14.4 Å². The minimum atomic E-state index is -0.122. The average Bonchev–Trinajstić information content (AvgIpc) is 3.17. The first-order chi connectivity index (χ1) is 10.6. The summed E-state index contributed by atoms with van der Waals surface area (Å²) in [6, 6.07) is 3.49. The molecule has 4 heterocycles. The standard InChI is InChI=1S/C14H11ClN6O/c1-19-8-11(5-17-19)20-6-9-7-21(18-13(9)14(20)22)10-2-3-12(15)16-4-10/h2-5,7-8H,6H2,1H3. The lowest BCUT2D eigenvalue weighted by Gasteiger charge is -2.12. The molecule has 0 aromatic carbocycles. The number of fused-ring (bicyclic) bond motifs is 1. The maximum absolute atomic E-state index is 12.5. The average molecular weight is 315 g/mol. The van der Waals surface area contributed by atoms with E-state index >= 15 is 0 Å². The summed E-state index contributed by atoms with van der Waals surface area (Å²) in [4.78, 5) is 18.2. The summed E-state index contributed by atoms with van der Waals surface area (Å²) < 4.78 is 3.31. The molecule has 7 nitrogen and oxygen atoms in total. The molecule has 3 aromatic rings. The Labute approximate surface area is 130 Å². The fourth-order valence-electron chi connectivity index (χ4n) is 2.47.